The SMILES string of the molecule is COc1cc(N2C[C@@H]3COC[C@]3(CC(=O)NCc3ccco3)C2)ncn1. The zero-order valence-electron chi connectivity index (χ0n) is 14.7. The fourth-order valence-corrected chi connectivity index (χ4v) is 3.85. The Morgan fingerprint density at radius 3 is 3.23 bits per heavy atom. The number of ether oxygens (including phenoxy) is 2. The third-order valence-electron chi connectivity index (χ3n) is 5.23. The van der Waals surface area contributed by atoms with E-state index in [-0.39, 0.29) is 11.3 Å². The summed E-state index contributed by atoms with van der Waals surface area (Å²) in [7, 11) is 1.59. The highest BCUT2D eigenvalue weighted by molar-refractivity contribution is 5.77. The molecule has 2 atom stereocenters. The highest BCUT2D eigenvalue weighted by atomic mass is 16.5. The molecule has 1 amide bonds. The number of nitrogens with one attached hydrogen (secondary N) is 1. The van der Waals surface area contributed by atoms with E-state index in [0.717, 1.165) is 24.7 Å². The van der Waals surface area contributed by atoms with Crippen LogP contribution in [-0.2, 0) is 16.1 Å². The molecule has 2 aliphatic rings. The molecule has 0 unspecified atom stereocenters. The predicted octanol–water partition coefficient (Wildman–Crippen LogP) is 1.24. The highest BCUT2D eigenvalue weighted by Crippen LogP contribution is 2.45. The van der Waals surface area contributed by atoms with Crippen LogP contribution in [0, 0.1) is 11.3 Å². The summed E-state index contributed by atoms with van der Waals surface area (Å²) in [5, 5.41) is 2.94. The largest absolute Gasteiger partial charge is 0.481 e. The molecule has 8 nitrogen and oxygen atoms in total. The van der Waals surface area contributed by atoms with E-state index >= 15 is 0 Å². The fourth-order valence-electron chi connectivity index (χ4n) is 3.85. The minimum absolute atomic E-state index is 0.0130. The van der Waals surface area contributed by atoms with Crippen LogP contribution in [0.4, 0.5) is 5.82 Å². The molecule has 2 saturated heterocycles. The maximum absolute atomic E-state index is 12.5. The van der Waals surface area contributed by atoms with Crippen LogP contribution in [0.2, 0.25) is 0 Å². The van der Waals surface area contributed by atoms with Gasteiger partial charge in [0.05, 0.1) is 33.1 Å². The van der Waals surface area contributed by atoms with Crippen molar-refractivity contribution < 1.29 is 18.7 Å². The van der Waals surface area contributed by atoms with Gasteiger partial charge in [-0.25, -0.2) is 9.97 Å². The van der Waals surface area contributed by atoms with Crippen LogP contribution >= 0.6 is 0 Å². The van der Waals surface area contributed by atoms with E-state index in [1.807, 2.05) is 18.2 Å². The Labute approximate surface area is 151 Å². The molecule has 0 bridgehead atoms. The van der Waals surface area contributed by atoms with Gasteiger partial charge in [0.25, 0.3) is 0 Å². The van der Waals surface area contributed by atoms with Gasteiger partial charge in [0, 0.05) is 36.9 Å². The summed E-state index contributed by atoms with van der Waals surface area (Å²) in [5.74, 6) is 2.42. The standard InChI is InChI=1S/C18H22N4O4/c1-24-17-5-15(20-12-21-17)22-8-13-9-25-11-18(13,10-22)6-16(23)19-7-14-3-2-4-26-14/h2-5,12-13H,6-11H2,1H3,(H,19,23)/t13-,18+/m1/s1. The maximum atomic E-state index is 12.5. The molecule has 0 spiro atoms. The van der Waals surface area contributed by atoms with Gasteiger partial charge in [0.15, 0.2) is 0 Å². The molecule has 1 N–H and O–H groups in total. The number of carbonyl (C=O) groups excluding carboxylic acids is 1. The van der Waals surface area contributed by atoms with E-state index in [4.69, 9.17) is 13.9 Å². The topological polar surface area (TPSA) is 89.7 Å². The van der Waals surface area contributed by atoms with E-state index < -0.39 is 0 Å². The molecule has 0 aromatic carbocycles. The summed E-state index contributed by atoms with van der Waals surface area (Å²) >= 11 is 0. The third kappa shape index (κ3) is 3.24. The first-order valence-electron chi connectivity index (χ1n) is 8.66. The lowest BCUT2D eigenvalue weighted by molar-refractivity contribution is -0.123. The molecule has 4 heterocycles. The van der Waals surface area contributed by atoms with E-state index in [1.165, 1.54) is 6.33 Å². The molecule has 2 fully saturated rings. The fraction of sp³-hybridized carbons (Fsp3) is 0.500. The van der Waals surface area contributed by atoms with Crippen LogP contribution in [0.25, 0.3) is 0 Å². The van der Waals surface area contributed by atoms with Crippen LogP contribution in [0.5, 0.6) is 5.88 Å². The van der Waals surface area contributed by atoms with Gasteiger partial charge in [-0.2, -0.15) is 0 Å². The summed E-state index contributed by atoms with van der Waals surface area (Å²) in [6.07, 6.45) is 3.53. The number of aromatic nitrogens is 2. The zero-order chi connectivity index (χ0) is 18.0. The van der Waals surface area contributed by atoms with Gasteiger partial charge in [-0.15, -0.1) is 0 Å². The molecule has 0 radical (unpaired) electrons. The van der Waals surface area contributed by atoms with E-state index in [2.05, 4.69) is 20.2 Å². The second-order valence-corrected chi connectivity index (χ2v) is 6.91. The van der Waals surface area contributed by atoms with Crippen molar-refractivity contribution in [3.63, 3.8) is 0 Å². The number of anilines is 1. The molecule has 2 aromatic heterocycles. The summed E-state index contributed by atoms with van der Waals surface area (Å²) in [5.41, 5.74) is -0.189. The lowest BCUT2D eigenvalue weighted by atomic mass is 9.78. The summed E-state index contributed by atoms with van der Waals surface area (Å²) < 4.78 is 16.2. The molecule has 4 rings (SSSR count). The number of carbonyl (C=O) groups is 1. The van der Waals surface area contributed by atoms with Crippen molar-refractivity contribution in [3.05, 3.63) is 36.5 Å². The Hall–Kier alpha value is -2.61. The number of amides is 1. The molecule has 8 heteroatoms. The van der Waals surface area contributed by atoms with Gasteiger partial charge in [-0.05, 0) is 12.1 Å². The summed E-state index contributed by atoms with van der Waals surface area (Å²) in [6, 6.07) is 5.48. The van der Waals surface area contributed by atoms with E-state index in [9.17, 15) is 4.79 Å². The van der Waals surface area contributed by atoms with Crippen molar-refractivity contribution in [2.45, 2.75) is 13.0 Å². The number of nitrogens with zero attached hydrogens (tertiary/aromatic N) is 3. The lowest BCUT2D eigenvalue weighted by Crippen LogP contribution is -2.37. The first-order chi connectivity index (χ1) is 12.7. The van der Waals surface area contributed by atoms with Crippen LogP contribution in [0.1, 0.15) is 12.2 Å². The normalized spacial score (nSPS) is 24.5. The average Bonchev–Trinajstić information content (AvgIpc) is 3.35. The maximum Gasteiger partial charge on any atom is 0.221 e. The molecular weight excluding hydrogens is 336 g/mol. The van der Waals surface area contributed by atoms with Gasteiger partial charge < -0.3 is 24.1 Å². The Kier molecular flexibility index (Phi) is 4.50. The van der Waals surface area contributed by atoms with Crippen LogP contribution in [-0.4, -0.2) is 49.3 Å². The first kappa shape index (κ1) is 16.8. The Bertz CT molecular complexity index is 766. The monoisotopic (exact) mass is 358 g/mol. The molecule has 0 aliphatic carbocycles. The number of methoxy groups -OCH3 is 1. The van der Waals surface area contributed by atoms with Gasteiger partial charge >= 0.3 is 0 Å². The smallest absolute Gasteiger partial charge is 0.221 e. The summed E-state index contributed by atoms with van der Waals surface area (Å²) in [6.45, 7) is 3.20. The minimum Gasteiger partial charge on any atom is -0.481 e. The Morgan fingerprint density at radius 2 is 2.42 bits per heavy atom. The van der Waals surface area contributed by atoms with Crippen molar-refractivity contribution in [1.29, 1.82) is 0 Å². The number of rotatable bonds is 6. The van der Waals surface area contributed by atoms with Crippen LogP contribution < -0.4 is 15.0 Å². The predicted molar refractivity (Wildman–Crippen MR) is 92.7 cm³/mol. The van der Waals surface area contributed by atoms with Crippen molar-refractivity contribution in [3.8, 4) is 5.88 Å². The molecule has 2 aromatic rings. The second kappa shape index (κ2) is 6.95. The van der Waals surface area contributed by atoms with Gasteiger partial charge in [0.2, 0.25) is 11.8 Å². The third-order valence-corrected chi connectivity index (χ3v) is 5.23. The lowest BCUT2D eigenvalue weighted by Gasteiger charge is -2.26. The molecule has 0 saturated carbocycles. The Balaban J connectivity index is 1.43. The highest BCUT2D eigenvalue weighted by Gasteiger charge is 2.52. The average molecular weight is 358 g/mol. The van der Waals surface area contributed by atoms with Crippen molar-refractivity contribution in [2.75, 3.05) is 38.3 Å². The number of hydrogen-bond acceptors (Lipinski definition) is 7. The number of furan rings is 1. The quantitative estimate of drug-likeness (QED) is 0.831. The van der Waals surface area contributed by atoms with Crippen LogP contribution in [0.3, 0.4) is 0 Å². The molecule has 26 heavy (non-hydrogen) atoms. The number of fused-ring (bicyclic) bond motifs is 1. The molecular formula is C18H22N4O4. The second-order valence-electron chi connectivity index (χ2n) is 6.91. The first-order valence-corrected chi connectivity index (χ1v) is 8.66. The Morgan fingerprint density at radius 1 is 1.50 bits per heavy atom. The van der Waals surface area contributed by atoms with Crippen molar-refractivity contribution in [1.82, 2.24) is 15.3 Å². The summed E-state index contributed by atoms with van der Waals surface area (Å²) in [4.78, 5) is 23.1. The molecule has 2 aliphatic heterocycles. The van der Waals surface area contributed by atoms with Gasteiger partial charge in [0.1, 0.15) is 17.9 Å². The van der Waals surface area contributed by atoms with Gasteiger partial charge in [-0.1, -0.05) is 0 Å². The van der Waals surface area contributed by atoms with E-state index in [1.54, 1.807) is 13.4 Å². The van der Waals surface area contributed by atoms with Crippen molar-refractivity contribution in [2.24, 2.45) is 11.3 Å². The van der Waals surface area contributed by atoms with Crippen LogP contribution in [0.15, 0.2) is 35.2 Å². The number of hydrogen-bond donors (Lipinski definition) is 1. The van der Waals surface area contributed by atoms with Gasteiger partial charge in [-0.3, -0.25) is 4.79 Å². The van der Waals surface area contributed by atoms with Crippen molar-refractivity contribution >= 4 is 11.7 Å². The molecule has 138 valence electrons. The minimum atomic E-state index is -0.189. The van der Waals surface area contributed by atoms with E-state index in [0.29, 0.717) is 38.0 Å². The zero-order valence-corrected chi connectivity index (χ0v) is 14.7.